The Morgan fingerprint density at radius 1 is 1.18 bits per heavy atom. The second-order valence-electron chi connectivity index (χ2n) is 10.1. The Morgan fingerprint density at radius 3 is 2.79 bits per heavy atom. The van der Waals surface area contributed by atoms with Gasteiger partial charge in [-0.2, -0.15) is 5.10 Å². The minimum absolute atomic E-state index is 0.0850. The van der Waals surface area contributed by atoms with E-state index in [1.54, 1.807) is 12.3 Å². The van der Waals surface area contributed by atoms with E-state index in [1.165, 1.54) is 11.0 Å². The van der Waals surface area contributed by atoms with E-state index in [9.17, 15) is 19.2 Å². The van der Waals surface area contributed by atoms with Crippen LogP contribution in [0.1, 0.15) is 64.3 Å². The molecule has 0 unspecified atom stereocenters. The second-order valence-corrected chi connectivity index (χ2v) is 10.1. The van der Waals surface area contributed by atoms with Gasteiger partial charge < -0.3 is 15.0 Å². The van der Waals surface area contributed by atoms with Crippen LogP contribution in [0.5, 0.6) is 0 Å². The summed E-state index contributed by atoms with van der Waals surface area (Å²) in [4.78, 5) is 50.3. The van der Waals surface area contributed by atoms with Crippen LogP contribution in [-0.4, -0.2) is 50.5 Å². The molecule has 0 bridgehead atoms. The quantitative estimate of drug-likeness (QED) is 0.500. The first kappa shape index (κ1) is 24.1. The maximum atomic E-state index is 15.3. The molecule has 3 aromatic rings. The van der Waals surface area contributed by atoms with Crippen molar-refractivity contribution in [2.75, 3.05) is 0 Å². The molecule has 2 N–H and O–H groups in total. The van der Waals surface area contributed by atoms with E-state index in [4.69, 9.17) is 4.74 Å². The Hall–Kier alpha value is -4.28. The zero-order chi connectivity index (χ0) is 26.6. The predicted octanol–water partition coefficient (Wildman–Crippen LogP) is 2.72. The number of fused-ring (bicyclic) bond motifs is 2. The molecule has 2 aliphatic heterocycles. The van der Waals surface area contributed by atoms with Crippen LogP contribution in [-0.2, 0) is 27.4 Å². The molecule has 0 spiro atoms. The molecular weight excluding hydrogens is 493 g/mol. The number of halogens is 1. The van der Waals surface area contributed by atoms with Crippen molar-refractivity contribution in [2.45, 2.75) is 63.8 Å². The number of imide groups is 1. The van der Waals surface area contributed by atoms with Crippen molar-refractivity contribution in [1.82, 2.24) is 25.1 Å². The van der Waals surface area contributed by atoms with Gasteiger partial charge in [-0.05, 0) is 49.4 Å². The van der Waals surface area contributed by atoms with Crippen LogP contribution >= 0.6 is 0 Å². The number of benzene rings is 1. The number of alkyl carbamates (subject to hydrolysis) is 1. The number of nitrogens with one attached hydrogen (secondary N) is 2. The molecule has 0 radical (unpaired) electrons. The Labute approximate surface area is 217 Å². The number of carbonyl (C=O) groups is 4. The third kappa shape index (κ3) is 4.07. The summed E-state index contributed by atoms with van der Waals surface area (Å²) in [6, 6.07) is 8.35. The van der Waals surface area contributed by atoms with Crippen molar-refractivity contribution in [3.05, 3.63) is 70.3 Å². The van der Waals surface area contributed by atoms with Gasteiger partial charge in [0.2, 0.25) is 11.8 Å². The molecule has 10 nitrogen and oxygen atoms in total. The van der Waals surface area contributed by atoms with Crippen molar-refractivity contribution in [3.63, 3.8) is 0 Å². The molecular formula is C27H26FN5O5. The number of aryl methyl sites for hydroxylation is 1. The highest BCUT2D eigenvalue weighted by molar-refractivity contribution is 6.05. The highest BCUT2D eigenvalue weighted by Gasteiger charge is 2.41. The summed E-state index contributed by atoms with van der Waals surface area (Å²) in [5, 5.41) is 9.21. The summed E-state index contributed by atoms with van der Waals surface area (Å²) >= 11 is 0. The summed E-state index contributed by atoms with van der Waals surface area (Å²) in [6.45, 7) is 1.98. The maximum absolute atomic E-state index is 15.3. The average Bonchev–Trinajstić information content (AvgIpc) is 3.46. The lowest BCUT2D eigenvalue weighted by atomic mass is 9.78. The van der Waals surface area contributed by atoms with Gasteiger partial charge in [0.25, 0.3) is 5.91 Å². The Morgan fingerprint density at radius 2 is 2.00 bits per heavy atom. The van der Waals surface area contributed by atoms with Gasteiger partial charge in [0.05, 0.1) is 11.1 Å². The number of pyridine rings is 1. The Bertz CT molecular complexity index is 1490. The number of nitrogens with zero attached hydrogens (tertiary/aromatic N) is 3. The molecule has 2 aromatic heterocycles. The largest absolute Gasteiger partial charge is 0.446 e. The first-order valence-corrected chi connectivity index (χ1v) is 12.6. The van der Waals surface area contributed by atoms with Gasteiger partial charge in [0.15, 0.2) is 0 Å². The number of piperidine rings is 1. The summed E-state index contributed by atoms with van der Waals surface area (Å²) in [5.74, 6) is -2.04. The Kier molecular flexibility index (Phi) is 5.85. The number of ether oxygens (including phenoxy) is 1. The highest BCUT2D eigenvalue weighted by atomic mass is 19.1. The van der Waals surface area contributed by atoms with E-state index < -0.39 is 29.8 Å². The summed E-state index contributed by atoms with van der Waals surface area (Å²) in [7, 11) is 0. The molecule has 4 amide bonds. The van der Waals surface area contributed by atoms with E-state index in [-0.39, 0.29) is 55.0 Å². The van der Waals surface area contributed by atoms with Crippen LogP contribution in [0, 0.1) is 12.7 Å². The van der Waals surface area contributed by atoms with Crippen molar-refractivity contribution in [2.24, 2.45) is 0 Å². The molecule has 1 saturated carbocycles. The maximum Gasteiger partial charge on any atom is 0.407 e. The monoisotopic (exact) mass is 519 g/mol. The molecule has 38 heavy (non-hydrogen) atoms. The smallest absolute Gasteiger partial charge is 0.407 e. The number of rotatable bonds is 5. The van der Waals surface area contributed by atoms with Crippen LogP contribution in [0.4, 0.5) is 9.18 Å². The first-order chi connectivity index (χ1) is 18.3. The molecule has 11 heteroatoms. The fourth-order valence-corrected chi connectivity index (χ4v) is 5.63. The van der Waals surface area contributed by atoms with Crippen LogP contribution < -0.4 is 10.6 Å². The first-order valence-electron chi connectivity index (χ1n) is 12.6. The number of hydrogen-bond donors (Lipinski definition) is 2. The van der Waals surface area contributed by atoms with Gasteiger partial charge in [-0.1, -0.05) is 18.2 Å². The van der Waals surface area contributed by atoms with Crippen molar-refractivity contribution in [1.29, 1.82) is 0 Å². The van der Waals surface area contributed by atoms with Crippen LogP contribution in [0.15, 0.2) is 36.5 Å². The topological polar surface area (TPSA) is 122 Å². The number of aromatic nitrogens is 2. The van der Waals surface area contributed by atoms with Crippen LogP contribution in [0.25, 0.3) is 5.52 Å². The molecule has 6 rings (SSSR count). The minimum Gasteiger partial charge on any atom is -0.446 e. The zero-order valence-corrected chi connectivity index (χ0v) is 20.7. The second kappa shape index (κ2) is 9.23. The number of amides is 4. The lowest BCUT2D eigenvalue weighted by Crippen LogP contribution is -2.52. The third-order valence-corrected chi connectivity index (χ3v) is 7.70. The highest BCUT2D eigenvalue weighted by Crippen LogP contribution is 2.40. The fourth-order valence-electron chi connectivity index (χ4n) is 5.63. The molecule has 1 atom stereocenters. The molecule has 2 fully saturated rings. The lowest BCUT2D eigenvalue weighted by Gasteiger charge is -2.35. The van der Waals surface area contributed by atoms with Crippen molar-refractivity contribution in [3.8, 4) is 0 Å². The van der Waals surface area contributed by atoms with E-state index in [2.05, 4.69) is 21.8 Å². The normalized spacial score (nSPS) is 22.7. The van der Waals surface area contributed by atoms with Gasteiger partial charge >= 0.3 is 6.09 Å². The molecule has 1 aromatic carbocycles. The van der Waals surface area contributed by atoms with Gasteiger partial charge in [0.1, 0.15) is 18.0 Å². The van der Waals surface area contributed by atoms with Gasteiger partial charge in [-0.15, -0.1) is 0 Å². The molecule has 196 valence electrons. The SMILES string of the molecule is Cc1ccc2ccnn2c1C1CC(OC(=O)NCc2ccc3c(c2F)C(=O)N([C@H]2CCC(=O)NC2=O)C3)C1. The van der Waals surface area contributed by atoms with Crippen LogP contribution in [0.2, 0.25) is 0 Å². The predicted molar refractivity (Wildman–Crippen MR) is 131 cm³/mol. The van der Waals surface area contributed by atoms with E-state index in [0.29, 0.717) is 18.4 Å². The average molecular weight is 520 g/mol. The number of carbonyl (C=O) groups excluding carboxylic acids is 4. The zero-order valence-electron chi connectivity index (χ0n) is 20.7. The van der Waals surface area contributed by atoms with Crippen molar-refractivity contribution < 1.29 is 28.3 Å². The molecule has 4 heterocycles. The lowest BCUT2D eigenvalue weighted by molar-refractivity contribution is -0.136. The van der Waals surface area contributed by atoms with E-state index in [1.807, 2.05) is 23.6 Å². The van der Waals surface area contributed by atoms with E-state index in [0.717, 1.165) is 16.8 Å². The summed E-state index contributed by atoms with van der Waals surface area (Å²) in [5.41, 5.74) is 3.77. The third-order valence-electron chi connectivity index (χ3n) is 7.70. The molecule has 1 saturated heterocycles. The van der Waals surface area contributed by atoms with Crippen molar-refractivity contribution >= 4 is 29.3 Å². The van der Waals surface area contributed by atoms with Gasteiger partial charge in [-0.3, -0.25) is 19.7 Å². The van der Waals surface area contributed by atoms with Gasteiger partial charge in [0, 0.05) is 42.9 Å². The van der Waals surface area contributed by atoms with Crippen LogP contribution in [0.3, 0.4) is 0 Å². The molecule has 3 aliphatic rings. The van der Waals surface area contributed by atoms with Gasteiger partial charge in [-0.25, -0.2) is 13.7 Å². The number of hydrogen-bond acceptors (Lipinski definition) is 6. The fraction of sp³-hybridized carbons (Fsp3) is 0.370. The van der Waals surface area contributed by atoms with E-state index >= 15 is 4.39 Å². The summed E-state index contributed by atoms with van der Waals surface area (Å²) < 4.78 is 22.7. The molecule has 1 aliphatic carbocycles. The summed E-state index contributed by atoms with van der Waals surface area (Å²) in [6.07, 6.45) is 2.52. The Balaban J connectivity index is 1.05. The standard InChI is InChI=1S/C27H26FN5O5/c1-14-2-5-18-8-9-30-33(18)24(14)17-10-19(11-17)38-27(37)29-12-15-3-4-16-13-32(26(36)22(16)23(15)28)20-6-7-21(34)31-25(20)35/h2-5,8-9,17,19-20H,6-7,10-13H2,1H3,(H,29,37)(H,31,34,35)/t17?,19?,20-/m0/s1. The minimum atomic E-state index is -0.820.